The van der Waals surface area contributed by atoms with Crippen LogP contribution < -0.4 is 9.64 Å². The first-order valence-electron chi connectivity index (χ1n) is 9.66. The molecular weight excluding hydrogens is 376 g/mol. The van der Waals surface area contributed by atoms with E-state index in [0.29, 0.717) is 11.4 Å². The molecule has 2 heterocycles. The third-order valence-electron chi connectivity index (χ3n) is 5.20. The SMILES string of the molecule is COc1ccc(N2C(=O)[C@@H](OC)[C@H]2C2COC(C)(C)N2C(=O)OC(C)(C)C)cc1. The van der Waals surface area contributed by atoms with Gasteiger partial charge in [0, 0.05) is 12.8 Å². The molecule has 0 saturated carbocycles. The van der Waals surface area contributed by atoms with Crippen molar-refractivity contribution in [2.75, 3.05) is 25.7 Å². The Balaban J connectivity index is 1.93. The van der Waals surface area contributed by atoms with Crippen molar-refractivity contribution in [2.24, 2.45) is 0 Å². The number of anilines is 1. The van der Waals surface area contributed by atoms with E-state index in [4.69, 9.17) is 18.9 Å². The zero-order chi connectivity index (χ0) is 21.6. The van der Waals surface area contributed by atoms with Gasteiger partial charge in [-0.1, -0.05) is 0 Å². The lowest BCUT2D eigenvalue weighted by atomic mass is 9.89. The molecule has 0 bridgehead atoms. The van der Waals surface area contributed by atoms with E-state index in [0.717, 1.165) is 0 Å². The van der Waals surface area contributed by atoms with Crippen LogP contribution in [0.2, 0.25) is 0 Å². The number of methoxy groups -OCH3 is 2. The number of nitrogens with zero attached hydrogens (tertiary/aromatic N) is 2. The van der Waals surface area contributed by atoms with E-state index < -0.39 is 35.6 Å². The number of amides is 2. The molecule has 1 aromatic rings. The fourth-order valence-corrected chi connectivity index (χ4v) is 3.89. The van der Waals surface area contributed by atoms with Crippen molar-refractivity contribution in [3.63, 3.8) is 0 Å². The number of hydrogen-bond donors (Lipinski definition) is 0. The van der Waals surface area contributed by atoms with Gasteiger partial charge in [-0.15, -0.1) is 0 Å². The van der Waals surface area contributed by atoms with Crippen LogP contribution in [0.15, 0.2) is 24.3 Å². The fourth-order valence-electron chi connectivity index (χ4n) is 3.89. The average Bonchev–Trinajstić information content (AvgIpc) is 2.93. The third kappa shape index (κ3) is 3.91. The summed E-state index contributed by atoms with van der Waals surface area (Å²) in [6, 6.07) is 6.41. The molecule has 0 radical (unpaired) electrons. The maximum absolute atomic E-state index is 13.0. The van der Waals surface area contributed by atoms with Gasteiger partial charge in [0.05, 0.1) is 25.8 Å². The number of rotatable bonds is 4. The monoisotopic (exact) mass is 406 g/mol. The van der Waals surface area contributed by atoms with Gasteiger partial charge < -0.3 is 23.8 Å². The van der Waals surface area contributed by atoms with Gasteiger partial charge in [0.25, 0.3) is 5.91 Å². The Hall–Kier alpha value is -2.32. The topological polar surface area (TPSA) is 77.5 Å². The molecule has 2 fully saturated rings. The molecule has 8 heteroatoms. The molecule has 8 nitrogen and oxygen atoms in total. The van der Waals surface area contributed by atoms with Crippen molar-refractivity contribution in [1.29, 1.82) is 0 Å². The van der Waals surface area contributed by atoms with Crippen molar-refractivity contribution in [2.45, 2.75) is 64.1 Å². The fraction of sp³-hybridized carbons (Fsp3) is 0.619. The van der Waals surface area contributed by atoms with E-state index in [9.17, 15) is 9.59 Å². The zero-order valence-corrected chi connectivity index (χ0v) is 18.1. The predicted octanol–water partition coefficient (Wildman–Crippen LogP) is 2.80. The third-order valence-corrected chi connectivity index (χ3v) is 5.20. The molecule has 3 atom stereocenters. The van der Waals surface area contributed by atoms with E-state index in [1.807, 2.05) is 46.8 Å². The minimum atomic E-state index is -0.866. The Morgan fingerprint density at radius 2 is 1.79 bits per heavy atom. The first-order valence-corrected chi connectivity index (χ1v) is 9.66. The van der Waals surface area contributed by atoms with Crippen LogP contribution in [0, 0.1) is 0 Å². The van der Waals surface area contributed by atoms with Gasteiger partial charge >= 0.3 is 6.09 Å². The normalized spacial score (nSPS) is 26.3. The first kappa shape index (κ1) is 21.4. The molecule has 160 valence electrons. The summed E-state index contributed by atoms with van der Waals surface area (Å²) >= 11 is 0. The van der Waals surface area contributed by atoms with Gasteiger partial charge in [0.2, 0.25) is 0 Å². The summed E-state index contributed by atoms with van der Waals surface area (Å²) in [6.07, 6.45) is -1.14. The smallest absolute Gasteiger partial charge is 0.412 e. The zero-order valence-electron chi connectivity index (χ0n) is 18.1. The quantitative estimate of drug-likeness (QED) is 0.716. The van der Waals surface area contributed by atoms with Crippen LogP contribution in [0.1, 0.15) is 34.6 Å². The molecule has 2 aliphatic rings. The molecule has 2 aliphatic heterocycles. The standard InChI is InChI=1S/C21H30N2O6/c1-20(2,3)29-19(25)23-15(12-28-21(23,4)5)16-17(27-7)18(24)22(16)13-8-10-14(26-6)11-9-13/h8-11,15-17H,12H2,1-7H3/t15?,16-,17+/m1/s1. The van der Waals surface area contributed by atoms with Gasteiger partial charge in [0.1, 0.15) is 17.1 Å². The summed E-state index contributed by atoms with van der Waals surface area (Å²) in [5.74, 6) is 0.541. The Kier molecular flexibility index (Phi) is 5.53. The average molecular weight is 406 g/mol. The second kappa shape index (κ2) is 7.50. The number of ether oxygens (including phenoxy) is 4. The molecule has 2 amide bonds. The molecule has 0 N–H and O–H groups in total. The summed E-state index contributed by atoms with van der Waals surface area (Å²) in [6.45, 7) is 9.36. The molecule has 1 aromatic carbocycles. The van der Waals surface area contributed by atoms with Crippen LogP contribution in [-0.4, -0.2) is 67.2 Å². The highest BCUT2D eigenvalue weighted by atomic mass is 16.6. The van der Waals surface area contributed by atoms with Gasteiger partial charge in [-0.3, -0.25) is 9.69 Å². The van der Waals surface area contributed by atoms with Crippen molar-refractivity contribution < 1.29 is 28.5 Å². The Bertz CT molecular complexity index is 770. The molecule has 2 saturated heterocycles. The highest BCUT2D eigenvalue weighted by Gasteiger charge is 2.59. The van der Waals surface area contributed by atoms with Crippen molar-refractivity contribution in [3.8, 4) is 5.75 Å². The molecule has 29 heavy (non-hydrogen) atoms. The molecule has 0 aliphatic carbocycles. The number of benzene rings is 1. The molecule has 3 rings (SSSR count). The largest absolute Gasteiger partial charge is 0.497 e. The second-order valence-corrected chi connectivity index (χ2v) is 8.73. The van der Waals surface area contributed by atoms with Gasteiger partial charge in [-0.25, -0.2) is 4.79 Å². The highest BCUT2D eigenvalue weighted by molar-refractivity contribution is 6.05. The van der Waals surface area contributed by atoms with E-state index in [2.05, 4.69) is 0 Å². The van der Waals surface area contributed by atoms with Crippen LogP contribution in [0.25, 0.3) is 0 Å². The van der Waals surface area contributed by atoms with Crippen molar-refractivity contribution in [3.05, 3.63) is 24.3 Å². The second-order valence-electron chi connectivity index (χ2n) is 8.73. The summed E-state index contributed by atoms with van der Waals surface area (Å²) in [5, 5.41) is 0. The summed E-state index contributed by atoms with van der Waals surface area (Å²) in [7, 11) is 3.09. The van der Waals surface area contributed by atoms with E-state index in [1.54, 1.807) is 29.0 Å². The summed E-state index contributed by atoms with van der Waals surface area (Å²) < 4.78 is 22.2. The van der Waals surface area contributed by atoms with Crippen LogP contribution in [0.5, 0.6) is 5.75 Å². The van der Waals surface area contributed by atoms with Gasteiger partial charge in [-0.2, -0.15) is 0 Å². The van der Waals surface area contributed by atoms with Crippen LogP contribution in [0.3, 0.4) is 0 Å². The molecule has 0 spiro atoms. The lowest BCUT2D eigenvalue weighted by molar-refractivity contribution is -0.142. The van der Waals surface area contributed by atoms with E-state index in [1.165, 1.54) is 7.11 Å². The Labute approximate surface area is 171 Å². The molecular formula is C21H30N2O6. The van der Waals surface area contributed by atoms with Crippen LogP contribution in [-0.2, 0) is 19.0 Å². The first-order chi connectivity index (χ1) is 13.5. The minimum Gasteiger partial charge on any atom is -0.497 e. The summed E-state index contributed by atoms with van der Waals surface area (Å²) in [5.41, 5.74) is -0.801. The minimum absolute atomic E-state index is 0.156. The van der Waals surface area contributed by atoms with Gasteiger partial charge in [0.15, 0.2) is 6.10 Å². The number of β-lactam (4-membered cyclic amide) rings is 1. The lowest BCUT2D eigenvalue weighted by Gasteiger charge is -2.50. The predicted molar refractivity (Wildman–Crippen MR) is 107 cm³/mol. The Morgan fingerprint density at radius 1 is 1.17 bits per heavy atom. The lowest BCUT2D eigenvalue weighted by Crippen LogP contribution is -2.73. The molecule has 1 unspecified atom stereocenters. The van der Waals surface area contributed by atoms with Crippen LogP contribution in [0.4, 0.5) is 10.5 Å². The van der Waals surface area contributed by atoms with Crippen LogP contribution >= 0.6 is 0 Å². The number of carbonyl (C=O) groups excluding carboxylic acids is 2. The van der Waals surface area contributed by atoms with E-state index >= 15 is 0 Å². The molecule has 0 aromatic heterocycles. The maximum atomic E-state index is 13.0. The summed E-state index contributed by atoms with van der Waals surface area (Å²) in [4.78, 5) is 29.0. The Morgan fingerprint density at radius 3 is 2.31 bits per heavy atom. The van der Waals surface area contributed by atoms with Crippen molar-refractivity contribution >= 4 is 17.7 Å². The number of carbonyl (C=O) groups is 2. The van der Waals surface area contributed by atoms with E-state index in [-0.39, 0.29) is 12.5 Å². The highest BCUT2D eigenvalue weighted by Crippen LogP contribution is 2.40. The van der Waals surface area contributed by atoms with Crippen molar-refractivity contribution in [1.82, 2.24) is 4.90 Å². The number of hydrogen-bond acceptors (Lipinski definition) is 6. The van der Waals surface area contributed by atoms with Gasteiger partial charge in [-0.05, 0) is 58.9 Å². The maximum Gasteiger partial charge on any atom is 0.412 e.